The number of nitrogens with one attached hydrogen (secondary N) is 1. The Hall–Kier alpha value is -1.31. The molecule has 1 unspecified atom stereocenters. The van der Waals surface area contributed by atoms with E-state index < -0.39 is 10.0 Å². The average molecular weight is 356 g/mol. The zero-order valence-electron chi connectivity index (χ0n) is 14.7. The van der Waals surface area contributed by atoms with Gasteiger partial charge in [-0.3, -0.25) is 0 Å². The Balaban J connectivity index is 2.26. The van der Waals surface area contributed by atoms with Crippen LogP contribution in [0.1, 0.15) is 26.7 Å². The number of rotatable bonds is 8. The quantitative estimate of drug-likeness (QED) is 0.773. The first-order valence-corrected chi connectivity index (χ1v) is 10.0. The van der Waals surface area contributed by atoms with Gasteiger partial charge >= 0.3 is 0 Å². The molecule has 1 atom stereocenters. The molecule has 1 fully saturated rings. The maximum atomic E-state index is 13.0. The van der Waals surface area contributed by atoms with Gasteiger partial charge in [0.05, 0.1) is 18.1 Å². The molecule has 1 aliphatic rings. The molecule has 0 aromatic heterocycles. The van der Waals surface area contributed by atoms with Crippen LogP contribution in [0.2, 0.25) is 0 Å². The van der Waals surface area contributed by atoms with Gasteiger partial charge in [0.2, 0.25) is 10.0 Å². The van der Waals surface area contributed by atoms with Crippen LogP contribution in [-0.4, -0.2) is 52.6 Å². The van der Waals surface area contributed by atoms with E-state index in [1.54, 1.807) is 22.5 Å². The van der Waals surface area contributed by atoms with Gasteiger partial charge in [-0.25, -0.2) is 8.42 Å². The summed E-state index contributed by atoms with van der Waals surface area (Å²) in [6.45, 7) is 6.67. The summed E-state index contributed by atoms with van der Waals surface area (Å²) >= 11 is 0. The highest BCUT2D eigenvalue weighted by Gasteiger charge is 2.30. The van der Waals surface area contributed by atoms with Gasteiger partial charge in [0.25, 0.3) is 0 Å². The summed E-state index contributed by atoms with van der Waals surface area (Å²) in [5.74, 6) is 1.40. The maximum absolute atomic E-state index is 13.0. The van der Waals surface area contributed by atoms with Crippen molar-refractivity contribution in [1.82, 2.24) is 9.62 Å². The summed E-state index contributed by atoms with van der Waals surface area (Å²) in [7, 11) is -1.62. The Labute approximate surface area is 145 Å². The van der Waals surface area contributed by atoms with E-state index in [9.17, 15) is 8.42 Å². The second kappa shape index (κ2) is 8.69. The molecule has 1 saturated heterocycles. The van der Waals surface area contributed by atoms with E-state index in [0.29, 0.717) is 43.7 Å². The molecule has 1 N–H and O–H groups in total. The van der Waals surface area contributed by atoms with Gasteiger partial charge in [0.15, 0.2) is 11.5 Å². The van der Waals surface area contributed by atoms with E-state index in [1.807, 2.05) is 20.9 Å². The van der Waals surface area contributed by atoms with Gasteiger partial charge in [-0.2, -0.15) is 4.31 Å². The van der Waals surface area contributed by atoms with Crippen molar-refractivity contribution in [2.24, 2.45) is 5.92 Å². The molecule has 1 aromatic carbocycles. The molecular weight excluding hydrogens is 328 g/mol. The monoisotopic (exact) mass is 356 g/mol. The Bertz CT molecular complexity index is 631. The van der Waals surface area contributed by atoms with Crippen LogP contribution in [0, 0.1) is 5.92 Å². The minimum Gasteiger partial charge on any atom is -0.490 e. The van der Waals surface area contributed by atoms with Gasteiger partial charge in [0, 0.05) is 19.2 Å². The number of benzene rings is 1. The average Bonchev–Trinajstić information content (AvgIpc) is 2.57. The highest BCUT2D eigenvalue weighted by Crippen LogP contribution is 2.32. The molecule has 7 heteroatoms. The number of hydrogen-bond donors (Lipinski definition) is 1. The summed E-state index contributed by atoms with van der Waals surface area (Å²) < 4.78 is 38.6. The largest absolute Gasteiger partial charge is 0.490 e. The fraction of sp³-hybridized carbons (Fsp3) is 0.647. The molecule has 0 aliphatic carbocycles. The molecule has 6 nitrogen and oxygen atoms in total. The first-order valence-electron chi connectivity index (χ1n) is 8.57. The van der Waals surface area contributed by atoms with E-state index in [-0.39, 0.29) is 4.90 Å². The fourth-order valence-corrected chi connectivity index (χ4v) is 4.61. The number of ether oxygens (including phenoxy) is 2. The minimum absolute atomic E-state index is 0.263. The van der Waals surface area contributed by atoms with Crippen molar-refractivity contribution in [1.29, 1.82) is 0 Å². The van der Waals surface area contributed by atoms with E-state index >= 15 is 0 Å². The first-order chi connectivity index (χ1) is 11.5. The number of sulfonamides is 1. The molecule has 0 spiro atoms. The molecule has 1 heterocycles. The van der Waals surface area contributed by atoms with Crippen LogP contribution in [0.4, 0.5) is 0 Å². The van der Waals surface area contributed by atoms with Gasteiger partial charge in [-0.1, -0.05) is 0 Å². The minimum atomic E-state index is -3.52. The van der Waals surface area contributed by atoms with Crippen LogP contribution in [0.5, 0.6) is 11.5 Å². The van der Waals surface area contributed by atoms with Crippen molar-refractivity contribution in [2.75, 3.05) is 39.9 Å². The van der Waals surface area contributed by atoms with Crippen LogP contribution in [0.25, 0.3) is 0 Å². The SMILES string of the molecule is CCOc1ccc(S(=O)(=O)N2CCCC(CNC)C2)cc1OCC. The van der Waals surface area contributed by atoms with Crippen molar-refractivity contribution in [3.8, 4) is 11.5 Å². The van der Waals surface area contributed by atoms with Crippen molar-refractivity contribution in [3.05, 3.63) is 18.2 Å². The zero-order valence-corrected chi connectivity index (χ0v) is 15.6. The molecule has 2 rings (SSSR count). The summed E-state index contributed by atoms with van der Waals surface area (Å²) in [6.07, 6.45) is 1.95. The molecule has 0 amide bonds. The van der Waals surface area contributed by atoms with Crippen LogP contribution < -0.4 is 14.8 Å². The van der Waals surface area contributed by atoms with Gasteiger partial charge < -0.3 is 14.8 Å². The third-order valence-corrected chi connectivity index (χ3v) is 5.99. The van der Waals surface area contributed by atoms with E-state index in [4.69, 9.17) is 9.47 Å². The predicted octanol–water partition coefficient (Wildman–Crippen LogP) is 2.10. The smallest absolute Gasteiger partial charge is 0.243 e. The van der Waals surface area contributed by atoms with Crippen LogP contribution in [-0.2, 0) is 10.0 Å². The van der Waals surface area contributed by atoms with E-state index in [1.165, 1.54) is 0 Å². The second-order valence-electron chi connectivity index (χ2n) is 5.90. The molecule has 0 radical (unpaired) electrons. The molecular formula is C17H28N2O4S. The summed E-state index contributed by atoms with van der Waals surface area (Å²) in [6, 6.07) is 4.85. The summed E-state index contributed by atoms with van der Waals surface area (Å²) in [4.78, 5) is 0.263. The van der Waals surface area contributed by atoms with Gasteiger partial charge in [-0.15, -0.1) is 0 Å². The topological polar surface area (TPSA) is 67.9 Å². The standard InChI is InChI=1S/C17H28N2O4S/c1-4-22-16-9-8-15(11-17(16)23-5-2)24(20,21)19-10-6-7-14(13-19)12-18-3/h8-9,11,14,18H,4-7,10,12-13H2,1-3H3. The third-order valence-electron chi connectivity index (χ3n) is 4.13. The van der Waals surface area contributed by atoms with Crippen molar-refractivity contribution in [3.63, 3.8) is 0 Å². The third kappa shape index (κ3) is 4.40. The lowest BCUT2D eigenvalue weighted by Gasteiger charge is -2.32. The first kappa shape index (κ1) is 19.0. The fourth-order valence-electron chi connectivity index (χ4n) is 3.04. The van der Waals surface area contributed by atoms with Gasteiger partial charge in [0.1, 0.15) is 0 Å². The van der Waals surface area contributed by atoms with Crippen molar-refractivity contribution >= 4 is 10.0 Å². The Morgan fingerprint density at radius 1 is 1.21 bits per heavy atom. The summed E-state index contributed by atoms with van der Waals surface area (Å²) in [5.41, 5.74) is 0. The highest BCUT2D eigenvalue weighted by atomic mass is 32.2. The lowest BCUT2D eigenvalue weighted by atomic mass is 10.00. The molecule has 0 saturated carbocycles. The number of nitrogens with zero attached hydrogens (tertiary/aromatic N) is 1. The normalized spacial score (nSPS) is 19.2. The molecule has 1 aliphatic heterocycles. The second-order valence-corrected chi connectivity index (χ2v) is 7.84. The predicted molar refractivity (Wildman–Crippen MR) is 94.2 cm³/mol. The Kier molecular flexibility index (Phi) is 6.89. The Morgan fingerprint density at radius 2 is 1.92 bits per heavy atom. The number of piperidine rings is 1. The van der Waals surface area contributed by atoms with Crippen LogP contribution >= 0.6 is 0 Å². The molecule has 1 aromatic rings. The number of hydrogen-bond acceptors (Lipinski definition) is 5. The maximum Gasteiger partial charge on any atom is 0.243 e. The lowest BCUT2D eigenvalue weighted by Crippen LogP contribution is -2.42. The lowest BCUT2D eigenvalue weighted by molar-refractivity contribution is 0.263. The van der Waals surface area contributed by atoms with Crippen LogP contribution in [0.3, 0.4) is 0 Å². The van der Waals surface area contributed by atoms with Gasteiger partial charge in [-0.05, 0) is 58.3 Å². The zero-order chi connectivity index (χ0) is 17.6. The highest BCUT2D eigenvalue weighted by molar-refractivity contribution is 7.89. The van der Waals surface area contributed by atoms with Crippen LogP contribution in [0.15, 0.2) is 23.1 Å². The Morgan fingerprint density at radius 3 is 2.58 bits per heavy atom. The summed E-state index contributed by atoms with van der Waals surface area (Å²) in [5, 5.41) is 3.14. The molecule has 136 valence electrons. The molecule has 24 heavy (non-hydrogen) atoms. The molecule has 0 bridgehead atoms. The van der Waals surface area contributed by atoms with Crippen molar-refractivity contribution < 1.29 is 17.9 Å². The van der Waals surface area contributed by atoms with E-state index in [2.05, 4.69) is 5.32 Å². The van der Waals surface area contributed by atoms with E-state index in [0.717, 1.165) is 19.4 Å². The van der Waals surface area contributed by atoms with Crippen molar-refractivity contribution in [2.45, 2.75) is 31.6 Å².